The van der Waals surface area contributed by atoms with Crippen molar-refractivity contribution in [1.29, 1.82) is 0 Å². The van der Waals surface area contributed by atoms with Gasteiger partial charge >= 0.3 is 0 Å². The number of methoxy groups -OCH3 is 1. The van der Waals surface area contributed by atoms with E-state index in [1.165, 1.54) is 6.07 Å². The number of benzene rings is 1. The Hall–Kier alpha value is -0.740. The highest BCUT2D eigenvalue weighted by Crippen LogP contribution is 2.17. The van der Waals surface area contributed by atoms with Gasteiger partial charge in [0, 0.05) is 12.9 Å². The summed E-state index contributed by atoms with van der Waals surface area (Å²) in [6.45, 7) is 3.84. The molecule has 2 nitrogen and oxygen atoms in total. The van der Waals surface area contributed by atoms with Crippen molar-refractivity contribution in [3.05, 3.63) is 30.1 Å². The Morgan fingerprint density at radius 2 is 2.00 bits per heavy atom. The van der Waals surface area contributed by atoms with Gasteiger partial charge in [0.15, 0.2) is 0 Å². The third-order valence-corrected chi connectivity index (χ3v) is 3.92. The molecule has 0 N–H and O–H groups in total. The van der Waals surface area contributed by atoms with E-state index in [0.717, 1.165) is 0 Å². The van der Waals surface area contributed by atoms with Crippen molar-refractivity contribution in [2.24, 2.45) is 0 Å². The molecule has 0 aliphatic carbocycles. The second kappa shape index (κ2) is 5.55. The molecule has 0 spiro atoms. The van der Waals surface area contributed by atoms with Gasteiger partial charge in [0.05, 0.1) is 21.3 Å². The second-order valence-electron chi connectivity index (χ2n) is 4.19. The average molecular weight is 244 g/mol. The van der Waals surface area contributed by atoms with Crippen LogP contribution in [-0.4, -0.2) is 22.7 Å². The van der Waals surface area contributed by atoms with Crippen molar-refractivity contribution >= 4 is 10.8 Å². The molecule has 1 unspecified atom stereocenters. The molecule has 1 aromatic rings. The number of halogens is 1. The van der Waals surface area contributed by atoms with Crippen LogP contribution in [0, 0.1) is 5.82 Å². The molecule has 0 saturated carbocycles. The number of ether oxygens (including phenoxy) is 1. The van der Waals surface area contributed by atoms with Gasteiger partial charge in [0.25, 0.3) is 0 Å². The van der Waals surface area contributed by atoms with Crippen LogP contribution in [-0.2, 0) is 15.5 Å². The minimum atomic E-state index is -1.30. The van der Waals surface area contributed by atoms with Gasteiger partial charge in [-0.25, -0.2) is 4.39 Å². The Morgan fingerprint density at radius 1 is 1.38 bits per heavy atom. The zero-order valence-electron chi connectivity index (χ0n) is 9.83. The highest BCUT2D eigenvalue weighted by molar-refractivity contribution is 7.85. The molecule has 1 atom stereocenters. The summed E-state index contributed by atoms with van der Waals surface area (Å²) in [6, 6.07) is 6.17. The van der Waals surface area contributed by atoms with E-state index in [-0.39, 0.29) is 10.5 Å². The van der Waals surface area contributed by atoms with Crippen molar-refractivity contribution in [2.75, 3.05) is 12.9 Å². The van der Waals surface area contributed by atoms with Crippen LogP contribution in [0.2, 0.25) is 0 Å². The van der Waals surface area contributed by atoms with Crippen LogP contribution in [0.4, 0.5) is 4.39 Å². The van der Waals surface area contributed by atoms with Crippen LogP contribution in [0.25, 0.3) is 0 Å². The summed E-state index contributed by atoms with van der Waals surface area (Å²) in [7, 11) is 0.319. The van der Waals surface area contributed by atoms with E-state index in [4.69, 9.17) is 4.74 Å². The zero-order chi connectivity index (χ0) is 12.2. The lowest BCUT2D eigenvalue weighted by Crippen LogP contribution is -2.25. The molecule has 0 heterocycles. The summed E-state index contributed by atoms with van der Waals surface area (Å²) < 4.78 is 30.4. The van der Waals surface area contributed by atoms with Crippen LogP contribution in [0.5, 0.6) is 0 Å². The van der Waals surface area contributed by atoms with Crippen molar-refractivity contribution in [2.45, 2.75) is 30.8 Å². The maximum atomic E-state index is 13.3. The fraction of sp³-hybridized carbons (Fsp3) is 0.500. The minimum absolute atomic E-state index is 0.273. The third-order valence-electron chi connectivity index (χ3n) is 2.52. The second-order valence-corrected chi connectivity index (χ2v) is 5.73. The largest absolute Gasteiger partial charge is 0.379 e. The Balaban J connectivity index is 2.64. The summed E-state index contributed by atoms with van der Waals surface area (Å²) in [5.41, 5.74) is -0.319. The normalized spacial score (nSPS) is 13.8. The van der Waals surface area contributed by atoms with E-state index in [9.17, 15) is 8.60 Å². The van der Waals surface area contributed by atoms with E-state index >= 15 is 0 Å². The van der Waals surface area contributed by atoms with Gasteiger partial charge in [-0.3, -0.25) is 4.21 Å². The molecule has 0 aliphatic heterocycles. The maximum absolute atomic E-state index is 13.3. The lowest BCUT2D eigenvalue weighted by Gasteiger charge is -2.22. The Morgan fingerprint density at radius 3 is 2.56 bits per heavy atom. The lowest BCUT2D eigenvalue weighted by atomic mass is 10.1. The predicted molar refractivity (Wildman–Crippen MR) is 63.4 cm³/mol. The first-order chi connectivity index (χ1) is 7.46. The fourth-order valence-corrected chi connectivity index (χ4v) is 2.59. The highest BCUT2D eigenvalue weighted by atomic mass is 32.2. The quantitative estimate of drug-likeness (QED) is 0.796. The Kier molecular flexibility index (Phi) is 4.62. The summed E-state index contributed by atoms with van der Waals surface area (Å²) in [5.74, 6) is -0.00189. The first-order valence-electron chi connectivity index (χ1n) is 5.14. The van der Waals surface area contributed by atoms with E-state index in [2.05, 4.69) is 0 Å². The fourth-order valence-electron chi connectivity index (χ4n) is 1.18. The third kappa shape index (κ3) is 3.68. The van der Waals surface area contributed by atoms with Gasteiger partial charge < -0.3 is 4.74 Å². The summed E-state index contributed by atoms with van der Waals surface area (Å²) in [5, 5.41) is 0. The molecule has 1 aromatic carbocycles. The van der Waals surface area contributed by atoms with E-state index in [1.54, 1.807) is 25.3 Å². The van der Waals surface area contributed by atoms with Gasteiger partial charge in [0.2, 0.25) is 0 Å². The molecule has 0 aliphatic rings. The van der Waals surface area contributed by atoms with Crippen LogP contribution < -0.4 is 0 Å². The molecule has 0 amide bonds. The Bertz CT molecular complexity index is 377. The molecule has 0 fully saturated rings. The smallest absolute Gasteiger partial charge is 0.139 e. The van der Waals surface area contributed by atoms with E-state index < -0.39 is 16.6 Å². The molecule has 0 saturated heterocycles. The van der Waals surface area contributed by atoms with Gasteiger partial charge in [-0.2, -0.15) is 0 Å². The summed E-state index contributed by atoms with van der Waals surface area (Å²) >= 11 is 0. The van der Waals surface area contributed by atoms with Crippen molar-refractivity contribution in [3.8, 4) is 0 Å². The minimum Gasteiger partial charge on any atom is -0.379 e. The molecular weight excluding hydrogens is 227 g/mol. The first-order valence-corrected chi connectivity index (χ1v) is 6.46. The molecule has 0 aromatic heterocycles. The predicted octanol–water partition coefficient (Wildman–Crippen LogP) is 2.75. The van der Waals surface area contributed by atoms with Gasteiger partial charge in [-0.1, -0.05) is 12.1 Å². The molecule has 1 rings (SSSR count). The van der Waals surface area contributed by atoms with Crippen molar-refractivity contribution in [3.63, 3.8) is 0 Å². The average Bonchev–Trinajstić information content (AvgIpc) is 2.27. The maximum Gasteiger partial charge on any atom is 0.139 e. The molecular formula is C12H17FO2S. The number of hydrogen-bond acceptors (Lipinski definition) is 2. The molecule has 90 valence electrons. The SMILES string of the molecule is COC(C)(C)CCS(=O)c1ccccc1F. The van der Waals surface area contributed by atoms with Crippen LogP contribution in [0.1, 0.15) is 20.3 Å². The van der Waals surface area contributed by atoms with Crippen LogP contribution >= 0.6 is 0 Å². The monoisotopic (exact) mass is 244 g/mol. The number of hydrogen-bond donors (Lipinski definition) is 0. The van der Waals surface area contributed by atoms with Gasteiger partial charge in [0.1, 0.15) is 5.82 Å². The summed E-state index contributed by atoms with van der Waals surface area (Å²) in [6.07, 6.45) is 0.629. The molecule has 0 bridgehead atoms. The lowest BCUT2D eigenvalue weighted by molar-refractivity contribution is 0.0205. The summed E-state index contributed by atoms with van der Waals surface area (Å²) in [4.78, 5) is 0.273. The topological polar surface area (TPSA) is 26.3 Å². The van der Waals surface area contributed by atoms with Gasteiger partial charge in [-0.05, 0) is 32.4 Å². The molecule has 0 radical (unpaired) electrons. The highest BCUT2D eigenvalue weighted by Gasteiger charge is 2.19. The number of rotatable bonds is 5. The first kappa shape index (κ1) is 13.3. The standard InChI is InChI=1S/C12H17FO2S/c1-12(2,15-3)8-9-16(14)11-7-5-4-6-10(11)13/h4-7H,8-9H2,1-3H3. The molecule has 4 heteroatoms. The van der Waals surface area contributed by atoms with E-state index in [1.807, 2.05) is 13.8 Å². The van der Waals surface area contributed by atoms with Crippen LogP contribution in [0.15, 0.2) is 29.2 Å². The zero-order valence-corrected chi connectivity index (χ0v) is 10.6. The van der Waals surface area contributed by atoms with Crippen LogP contribution in [0.3, 0.4) is 0 Å². The molecule has 16 heavy (non-hydrogen) atoms. The van der Waals surface area contributed by atoms with Gasteiger partial charge in [-0.15, -0.1) is 0 Å². The van der Waals surface area contributed by atoms with E-state index in [0.29, 0.717) is 12.2 Å². The van der Waals surface area contributed by atoms with Crippen molar-refractivity contribution < 1.29 is 13.3 Å². The Labute approximate surface area is 98.3 Å². The van der Waals surface area contributed by atoms with Crippen molar-refractivity contribution in [1.82, 2.24) is 0 Å².